The number of nitrogens with one attached hydrogen (secondary N) is 2. The number of aromatic nitrogens is 2. The lowest BCUT2D eigenvalue weighted by molar-refractivity contribution is -0.121. The maximum absolute atomic E-state index is 11.6. The molecule has 1 atom stereocenters. The Morgan fingerprint density at radius 1 is 1.47 bits per heavy atom. The highest BCUT2D eigenvalue weighted by atomic mass is 16.1. The van der Waals surface area contributed by atoms with Gasteiger partial charge in [-0.2, -0.15) is 4.98 Å². The summed E-state index contributed by atoms with van der Waals surface area (Å²) in [6.45, 7) is 4.61. The lowest BCUT2D eigenvalue weighted by Crippen LogP contribution is -2.33. The van der Waals surface area contributed by atoms with Crippen molar-refractivity contribution in [1.82, 2.24) is 15.3 Å². The minimum Gasteiger partial charge on any atom is -0.369 e. The van der Waals surface area contributed by atoms with Gasteiger partial charge in [0.05, 0.1) is 0 Å². The molecule has 1 rings (SSSR count). The largest absolute Gasteiger partial charge is 0.369 e. The standard InChI is InChI=1S/C13H23N5O/c1-5-10(2)16-12(19)7-9-14-11-6-8-15-13(17-11)18(3)4/h6,8,10H,5,7,9H2,1-4H3,(H,16,19)(H,14,15,17). The number of carbonyl (C=O) groups excluding carboxylic acids is 1. The van der Waals surface area contributed by atoms with E-state index in [4.69, 9.17) is 0 Å². The first-order valence-corrected chi connectivity index (χ1v) is 6.56. The molecule has 0 aliphatic heterocycles. The summed E-state index contributed by atoms with van der Waals surface area (Å²) in [5.74, 6) is 1.44. The molecular formula is C13H23N5O. The molecule has 0 saturated carbocycles. The first-order chi connectivity index (χ1) is 9.02. The average molecular weight is 265 g/mol. The zero-order chi connectivity index (χ0) is 14.3. The van der Waals surface area contributed by atoms with Crippen LogP contribution in [0.5, 0.6) is 0 Å². The van der Waals surface area contributed by atoms with E-state index in [1.165, 1.54) is 0 Å². The number of nitrogens with zero attached hydrogens (tertiary/aromatic N) is 3. The normalized spacial score (nSPS) is 11.8. The quantitative estimate of drug-likeness (QED) is 0.776. The van der Waals surface area contributed by atoms with Gasteiger partial charge in [-0.05, 0) is 19.4 Å². The van der Waals surface area contributed by atoms with Gasteiger partial charge in [-0.15, -0.1) is 0 Å². The summed E-state index contributed by atoms with van der Waals surface area (Å²) in [5.41, 5.74) is 0. The predicted molar refractivity (Wildman–Crippen MR) is 77.4 cm³/mol. The molecule has 0 aliphatic carbocycles. The van der Waals surface area contributed by atoms with E-state index in [1.54, 1.807) is 12.3 Å². The fraction of sp³-hybridized carbons (Fsp3) is 0.615. The Hall–Kier alpha value is -1.85. The second-order valence-corrected chi connectivity index (χ2v) is 4.69. The summed E-state index contributed by atoms with van der Waals surface area (Å²) in [6, 6.07) is 2.02. The molecule has 0 bridgehead atoms. The molecule has 106 valence electrons. The van der Waals surface area contributed by atoms with Crippen LogP contribution < -0.4 is 15.5 Å². The van der Waals surface area contributed by atoms with E-state index in [9.17, 15) is 4.79 Å². The fourth-order valence-electron chi connectivity index (χ4n) is 1.42. The van der Waals surface area contributed by atoms with Crippen molar-refractivity contribution < 1.29 is 4.79 Å². The molecule has 0 aromatic carbocycles. The predicted octanol–water partition coefficient (Wildman–Crippen LogP) is 1.26. The van der Waals surface area contributed by atoms with Crippen LogP contribution >= 0.6 is 0 Å². The monoisotopic (exact) mass is 265 g/mol. The number of carbonyl (C=O) groups is 1. The summed E-state index contributed by atoms with van der Waals surface area (Å²) < 4.78 is 0. The Kier molecular flexibility index (Phi) is 6.05. The first-order valence-electron chi connectivity index (χ1n) is 6.56. The first kappa shape index (κ1) is 15.2. The number of rotatable bonds is 7. The van der Waals surface area contributed by atoms with Crippen molar-refractivity contribution >= 4 is 17.7 Å². The van der Waals surface area contributed by atoms with E-state index in [1.807, 2.05) is 32.8 Å². The molecule has 1 heterocycles. The molecular weight excluding hydrogens is 242 g/mol. The smallest absolute Gasteiger partial charge is 0.226 e. The second-order valence-electron chi connectivity index (χ2n) is 4.69. The van der Waals surface area contributed by atoms with Crippen molar-refractivity contribution in [2.75, 3.05) is 30.9 Å². The van der Waals surface area contributed by atoms with Crippen molar-refractivity contribution in [3.05, 3.63) is 12.3 Å². The van der Waals surface area contributed by atoms with Crippen LogP contribution in [0.25, 0.3) is 0 Å². The Balaban J connectivity index is 2.37. The number of hydrogen-bond acceptors (Lipinski definition) is 5. The van der Waals surface area contributed by atoms with Gasteiger partial charge in [-0.25, -0.2) is 4.98 Å². The summed E-state index contributed by atoms with van der Waals surface area (Å²) >= 11 is 0. The van der Waals surface area contributed by atoms with Gasteiger partial charge in [0, 0.05) is 39.3 Å². The maximum atomic E-state index is 11.6. The molecule has 1 aromatic heterocycles. The second kappa shape index (κ2) is 7.56. The van der Waals surface area contributed by atoms with Crippen LogP contribution in [-0.2, 0) is 4.79 Å². The Labute approximate surface area is 114 Å². The molecule has 1 aromatic rings. The summed E-state index contributed by atoms with van der Waals surface area (Å²) in [7, 11) is 3.78. The van der Waals surface area contributed by atoms with Crippen LogP contribution in [-0.4, -0.2) is 42.6 Å². The van der Waals surface area contributed by atoms with Crippen LogP contribution in [0, 0.1) is 0 Å². The minimum atomic E-state index is 0.0590. The summed E-state index contributed by atoms with van der Waals surface area (Å²) in [5, 5.41) is 6.05. The van der Waals surface area contributed by atoms with Gasteiger partial charge in [0.2, 0.25) is 11.9 Å². The minimum absolute atomic E-state index is 0.0590. The molecule has 0 saturated heterocycles. The SMILES string of the molecule is CCC(C)NC(=O)CCNc1ccnc(N(C)C)n1. The Bertz CT molecular complexity index is 408. The lowest BCUT2D eigenvalue weighted by atomic mass is 10.2. The zero-order valence-electron chi connectivity index (χ0n) is 12.1. The van der Waals surface area contributed by atoms with Crippen LogP contribution in [0.15, 0.2) is 12.3 Å². The molecule has 0 radical (unpaired) electrons. The van der Waals surface area contributed by atoms with E-state index in [0.29, 0.717) is 18.9 Å². The van der Waals surface area contributed by atoms with E-state index in [0.717, 1.165) is 12.2 Å². The third kappa shape index (κ3) is 5.54. The van der Waals surface area contributed by atoms with Crippen molar-refractivity contribution in [2.45, 2.75) is 32.7 Å². The highest BCUT2D eigenvalue weighted by Gasteiger charge is 2.05. The van der Waals surface area contributed by atoms with Crippen molar-refractivity contribution in [3.8, 4) is 0 Å². The third-order valence-corrected chi connectivity index (χ3v) is 2.72. The zero-order valence-corrected chi connectivity index (χ0v) is 12.1. The van der Waals surface area contributed by atoms with Crippen LogP contribution in [0.1, 0.15) is 26.7 Å². The van der Waals surface area contributed by atoms with Gasteiger partial charge in [-0.1, -0.05) is 6.92 Å². The van der Waals surface area contributed by atoms with Gasteiger partial charge in [-0.3, -0.25) is 4.79 Å². The van der Waals surface area contributed by atoms with Crippen LogP contribution in [0.3, 0.4) is 0 Å². The van der Waals surface area contributed by atoms with E-state index in [-0.39, 0.29) is 11.9 Å². The van der Waals surface area contributed by atoms with Crippen molar-refractivity contribution in [3.63, 3.8) is 0 Å². The molecule has 6 heteroatoms. The number of amides is 1. The summed E-state index contributed by atoms with van der Waals surface area (Å²) in [4.78, 5) is 21.9. The van der Waals surface area contributed by atoms with Crippen LogP contribution in [0.4, 0.5) is 11.8 Å². The number of hydrogen-bond donors (Lipinski definition) is 2. The van der Waals surface area contributed by atoms with Gasteiger partial charge in [0.1, 0.15) is 5.82 Å². The topological polar surface area (TPSA) is 70.2 Å². The third-order valence-electron chi connectivity index (χ3n) is 2.72. The molecule has 0 fully saturated rings. The van der Waals surface area contributed by atoms with E-state index >= 15 is 0 Å². The highest BCUT2D eigenvalue weighted by Crippen LogP contribution is 2.07. The molecule has 19 heavy (non-hydrogen) atoms. The van der Waals surface area contributed by atoms with Crippen LogP contribution in [0.2, 0.25) is 0 Å². The van der Waals surface area contributed by atoms with E-state index < -0.39 is 0 Å². The van der Waals surface area contributed by atoms with E-state index in [2.05, 4.69) is 20.6 Å². The van der Waals surface area contributed by atoms with Crippen molar-refractivity contribution in [1.29, 1.82) is 0 Å². The highest BCUT2D eigenvalue weighted by molar-refractivity contribution is 5.76. The van der Waals surface area contributed by atoms with Crippen molar-refractivity contribution in [2.24, 2.45) is 0 Å². The van der Waals surface area contributed by atoms with Gasteiger partial charge in [0.25, 0.3) is 0 Å². The fourth-order valence-corrected chi connectivity index (χ4v) is 1.42. The maximum Gasteiger partial charge on any atom is 0.226 e. The van der Waals surface area contributed by atoms with Gasteiger partial charge in [0.15, 0.2) is 0 Å². The van der Waals surface area contributed by atoms with Gasteiger partial charge < -0.3 is 15.5 Å². The molecule has 0 spiro atoms. The molecule has 1 unspecified atom stereocenters. The number of anilines is 2. The Morgan fingerprint density at radius 2 is 2.21 bits per heavy atom. The molecule has 0 aliphatic rings. The molecule has 2 N–H and O–H groups in total. The molecule has 1 amide bonds. The summed E-state index contributed by atoms with van der Waals surface area (Å²) in [6.07, 6.45) is 3.08. The Morgan fingerprint density at radius 3 is 2.84 bits per heavy atom. The average Bonchev–Trinajstić information content (AvgIpc) is 2.38. The van der Waals surface area contributed by atoms with Gasteiger partial charge >= 0.3 is 0 Å². The lowest BCUT2D eigenvalue weighted by Gasteiger charge is -2.13. The molecule has 6 nitrogen and oxygen atoms in total.